The van der Waals surface area contributed by atoms with E-state index in [1.807, 2.05) is 0 Å². The predicted molar refractivity (Wildman–Crippen MR) is 75.2 cm³/mol. The molecule has 96 valence electrons. The van der Waals surface area contributed by atoms with Crippen LogP contribution >= 0.6 is 11.6 Å². The highest BCUT2D eigenvalue weighted by molar-refractivity contribution is 6.31. The molecule has 0 heterocycles. The smallest absolute Gasteiger partial charge is 0.0363 e. The summed E-state index contributed by atoms with van der Waals surface area (Å²) in [5.41, 5.74) is 0.694. The number of allylic oxidation sites excluding steroid dienone is 4. The third kappa shape index (κ3) is 2.46. The molecule has 1 nitrogen and oxygen atoms in total. The van der Waals surface area contributed by atoms with Crippen molar-refractivity contribution in [3.8, 4) is 0 Å². The lowest BCUT2D eigenvalue weighted by atomic mass is 9.55. The maximum atomic E-state index is 6.06. The van der Waals surface area contributed by atoms with Crippen molar-refractivity contribution in [2.24, 2.45) is 10.8 Å². The molecule has 1 unspecified atom stereocenters. The molecule has 1 saturated carbocycles. The van der Waals surface area contributed by atoms with Crippen LogP contribution in [0.2, 0.25) is 0 Å². The second-order valence-electron chi connectivity index (χ2n) is 5.92. The van der Waals surface area contributed by atoms with Gasteiger partial charge < -0.3 is 5.32 Å². The van der Waals surface area contributed by atoms with Crippen LogP contribution in [0.25, 0.3) is 0 Å². The van der Waals surface area contributed by atoms with Gasteiger partial charge in [-0.05, 0) is 43.2 Å². The van der Waals surface area contributed by atoms with Gasteiger partial charge in [-0.2, -0.15) is 0 Å². The van der Waals surface area contributed by atoms with Crippen molar-refractivity contribution in [3.63, 3.8) is 0 Å². The molecular formula is C15H24ClN. The van der Waals surface area contributed by atoms with Gasteiger partial charge in [0.15, 0.2) is 0 Å². The Kier molecular flexibility index (Phi) is 3.99. The second-order valence-corrected chi connectivity index (χ2v) is 6.35. The SMILES string of the molecule is CNCC1(C2(C)C=CC(Cl)=CC2)CCCCC1. The van der Waals surface area contributed by atoms with Gasteiger partial charge in [0.05, 0.1) is 0 Å². The minimum absolute atomic E-state index is 0.273. The molecule has 2 heteroatoms. The predicted octanol–water partition coefficient (Wildman–Crippen LogP) is 4.25. The van der Waals surface area contributed by atoms with Gasteiger partial charge in [0.25, 0.3) is 0 Å². The van der Waals surface area contributed by atoms with Crippen LogP contribution in [0.4, 0.5) is 0 Å². The summed E-state index contributed by atoms with van der Waals surface area (Å²) in [6, 6.07) is 0. The molecule has 1 fully saturated rings. The van der Waals surface area contributed by atoms with Crippen LogP contribution in [-0.2, 0) is 0 Å². The van der Waals surface area contributed by atoms with Gasteiger partial charge in [0.1, 0.15) is 0 Å². The zero-order chi connectivity index (χ0) is 12.4. The molecule has 2 aliphatic rings. The summed E-state index contributed by atoms with van der Waals surface area (Å²) < 4.78 is 0. The lowest BCUT2D eigenvalue weighted by Crippen LogP contribution is -2.47. The lowest BCUT2D eigenvalue weighted by molar-refractivity contribution is 0.0507. The van der Waals surface area contributed by atoms with Crippen LogP contribution in [0.3, 0.4) is 0 Å². The standard InChI is InChI=1S/C15H24ClN/c1-14(10-6-13(16)7-11-14)15(12-17-2)8-4-3-5-9-15/h6-7,10,17H,3-5,8-9,11-12H2,1-2H3. The number of hydrogen-bond acceptors (Lipinski definition) is 1. The summed E-state index contributed by atoms with van der Waals surface area (Å²) in [6.07, 6.45) is 14.6. The molecule has 0 saturated heterocycles. The Hall–Kier alpha value is -0.270. The Balaban J connectivity index is 2.23. The van der Waals surface area contributed by atoms with Gasteiger partial charge in [0.2, 0.25) is 0 Å². The van der Waals surface area contributed by atoms with E-state index in [-0.39, 0.29) is 5.41 Å². The first-order valence-electron chi connectivity index (χ1n) is 6.81. The molecule has 0 aromatic heterocycles. The molecule has 0 radical (unpaired) electrons. The fourth-order valence-electron chi connectivity index (χ4n) is 3.62. The van der Waals surface area contributed by atoms with Crippen molar-refractivity contribution in [3.05, 3.63) is 23.3 Å². The maximum Gasteiger partial charge on any atom is 0.0363 e. The molecule has 0 aromatic carbocycles. The van der Waals surface area contributed by atoms with Gasteiger partial charge in [-0.1, -0.05) is 49.9 Å². The Morgan fingerprint density at radius 3 is 2.53 bits per heavy atom. The highest BCUT2D eigenvalue weighted by atomic mass is 35.5. The number of halogens is 1. The van der Waals surface area contributed by atoms with Crippen molar-refractivity contribution in [1.82, 2.24) is 5.32 Å². The van der Waals surface area contributed by atoms with Crippen molar-refractivity contribution >= 4 is 11.6 Å². The summed E-state index contributed by atoms with van der Waals surface area (Å²) in [5.74, 6) is 0. The molecule has 2 rings (SSSR count). The van der Waals surface area contributed by atoms with E-state index < -0.39 is 0 Å². The highest BCUT2D eigenvalue weighted by Crippen LogP contribution is 2.53. The molecule has 1 N–H and O–H groups in total. The average Bonchev–Trinajstić information content (AvgIpc) is 2.35. The van der Waals surface area contributed by atoms with Gasteiger partial charge in [0, 0.05) is 11.6 Å². The van der Waals surface area contributed by atoms with E-state index in [1.165, 1.54) is 32.1 Å². The van der Waals surface area contributed by atoms with E-state index in [1.54, 1.807) is 0 Å². The average molecular weight is 254 g/mol. The first kappa shape index (κ1) is 13.2. The molecule has 0 spiro atoms. The van der Waals surface area contributed by atoms with E-state index in [9.17, 15) is 0 Å². The highest BCUT2D eigenvalue weighted by Gasteiger charge is 2.46. The Bertz CT molecular complexity index is 320. The zero-order valence-corrected chi connectivity index (χ0v) is 11.8. The normalized spacial score (nSPS) is 32.3. The first-order chi connectivity index (χ1) is 8.12. The second kappa shape index (κ2) is 5.16. The van der Waals surface area contributed by atoms with Crippen LogP contribution in [0, 0.1) is 10.8 Å². The van der Waals surface area contributed by atoms with E-state index >= 15 is 0 Å². The van der Waals surface area contributed by atoms with E-state index in [4.69, 9.17) is 11.6 Å². The van der Waals surface area contributed by atoms with Crippen LogP contribution < -0.4 is 5.32 Å². The first-order valence-corrected chi connectivity index (χ1v) is 7.19. The molecule has 0 aliphatic heterocycles. The number of hydrogen-bond donors (Lipinski definition) is 1. The molecule has 1 atom stereocenters. The summed E-state index contributed by atoms with van der Waals surface area (Å²) in [5, 5.41) is 4.33. The topological polar surface area (TPSA) is 12.0 Å². The zero-order valence-electron chi connectivity index (χ0n) is 11.1. The van der Waals surface area contributed by atoms with Crippen LogP contribution in [-0.4, -0.2) is 13.6 Å². The van der Waals surface area contributed by atoms with Gasteiger partial charge in [-0.25, -0.2) is 0 Å². The molecule has 2 aliphatic carbocycles. The van der Waals surface area contributed by atoms with Crippen molar-refractivity contribution < 1.29 is 0 Å². The Morgan fingerprint density at radius 1 is 1.29 bits per heavy atom. The Morgan fingerprint density at radius 2 is 2.00 bits per heavy atom. The van der Waals surface area contributed by atoms with E-state index in [0.717, 1.165) is 18.0 Å². The summed E-state index contributed by atoms with van der Waals surface area (Å²) in [7, 11) is 2.08. The van der Waals surface area contributed by atoms with Gasteiger partial charge in [-0.3, -0.25) is 0 Å². The van der Waals surface area contributed by atoms with Crippen LogP contribution in [0.1, 0.15) is 45.4 Å². The summed E-state index contributed by atoms with van der Waals surface area (Å²) in [6.45, 7) is 3.53. The molecular weight excluding hydrogens is 230 g/mol. The van der Waals surface area contributed by atoms with Gasteiger partial charge in [-0.15, -0.1) is 0 Å². The monoisotopic (exact) mass is 253 g/mol. The third-order valence-electron chi connectivity index (χ3n) is 4.87. The number of nitrogens with one attached hydrogen (secondary N) is 1. The van der Waals surface area contributed by atoms with Crippen LogP contribution in [0.15, 0.2) is 23.3 Å². The molecule has 17 heavy (non-hydrogen) atoms. The van der Waals surface area contributed by atoms with Crippen molar-refractivity contribution in [2.75, 3.05) is 13.6 Å². The minimum Gasteiger partial charge on any atom is -0.319 e. The number of rotatable bonds is 3. The largest absolute Gasteiger partial charge is 0.319 e. The van der Waals surface area contributed by atoms with Crippen molar-refractivity contribution in [1.29, 1.82) is 0 Å². The minimum atomic E-state index is 0.273. The summed E-state index contributed by atoms with van der Waals surface area (Å²) in [4.78, 5) is 0. The lowest BCUT2D eigenvalue weighted by Gasteiger charge is -2.50. The van der Waals surface area contributed by atoms with Gasteiger partial charge >= 0.3 is 0 Å². The van der Waals surface area contributed by atoms with Crippen molar-refractivity contribution in [2.45, 2.75) is 45.4 Å². The Labute approximate surface area is 110 Å². The molecule has 0 aromatic rings. The quantitative estimate of drug-likeness (QED) is 0.793. The van der Waals surface area contributed by atoms with E-state index in [0.29, 0.717) is 5.41 Å². The van der Waals surface area contributed by atoms with E-state index in [2.05, 4.69) is 37.5 Å². The third-order valence-corrected chi connectivity index (χ3v) is 5.15. The van der Waals surface area contributed by atoms with Crippen LogP contribution in [0.5, 0.6) is 0 Å². The summed E-state index contributed by atoms with van der Waals surface area (Å²) >= 11 is 6.06. The fourth-order valence-corrected chi connectivity index (χ4v) is 3.76. The maximum absolute atomic E-state index is 6.06. The molecule has 0 bridgehead atoms. The molecule has 0 amide bonds. The fraction of sp³-hybridized carbons (Fsp3) is 0.733.